The third-order valence-electron chi connectivity index (χ3n) is 6.20. The Kier molecular flexibility index (Phi) is 6.24. The monoisotopic (exact) mass is 404 g/mol. The van der Waals surface area contributed by atoms with Crippen molar-refractivity contribution in [3.05, 3.63) is 54.1 Å². The van der Waals surface area contributed by atoms with Crippen LogP contribution in [0.15, 0.2) is 52.9 Å². The molecule has 0 saturated heterocycles. The highest BCUT2D eigenvalue weighted by molar-refractivity contribution is 6.90. The zero-order valence-corrected chi connectivity index (χ0v) is 19.7. The average Bonchev–Trinajstić information content (AvgIpc) is 3.06. The summed E-state index contributed by atoms with van der Waals surface area (Å²) in [4.78, 5) is 0. The zero-order valence-electron chi connectivity index (χ0n) is 18.7. The lowest BCUT2D eigenvalue weighted by Gasteiger charge is -2.38. The number of fused-ring (bicyclic) bond motifs is 1. The lowest BCUT2D eigenvalue weighted by Crippen LogP contribution is -2.43. The molecular formula is C26H32O2Si. The van der Waals surface area contributed by atoms with E-state index in [0.29, 0.717) is 16.6 Å². The normalized spacial score (nSPS) is 11.9. The SMILES string of the molecule is COc1ccc2oc(-c3ccccc3)c(C#C[Si](C(C)C)(C(C)C)C(C)C)c2c1. The maximum absolute atomic E-state index is 6.29. The van der Waals surface area contributed by atoms with Gasteiger partial charge in [0.2, 0.25) is 0 Å². The molecule has 0 spiro atoms. The fraction of sp³-hybridized carbons (Fsp3) is 0.385. The van der Waals surface area contributed by atoms with Crippen molar-refractivity contribution in [1.29, 1.82) is 0 Å². The maximum Gasteiger partial charge on any atom is 0.151 e. The van der Waals surface area contributed by atoms with Crippen molar-refractivity contribution in [1.82, 2.24) is 0 Å². The minimum atomic E-state index is -1.85. The molecule has 0 aliphatic heterocycles. The molecule has 0 fully saturated rings. The second-order valence-electron chi connectivity index (χ2n) is 8.68. The molecule has 0 unspecified atom stereocenters. The first-order valence-corrected chi connectivity index (χ1v) is 12.7. The summed E-state index contributed by atoms with van der Waals surface area (Å²) < 4.78 is 11.8. The number of hydrogen-bond donors (Lipinski definition) is 0. The Hall–Kier alpha value is -2.44. The molecule has 0 aliphatic rings. The molecule has 0 saturated carbocycles. The van der Waals surface area contributed by atoms with Gasteiger partial charge in [0, 0.05) is 10.9 Å². The number of ether oxygens (including phenoxy) is 1. The molecule has 152 valence electrons. The Morgan fingerprint density at radius 1 is 0.862 bits per heavy atom. The molecule has 3 rings (SSSR count). The van der Waals surface area contributed by atoms with Gasteiger partial charge in [-0.05, 0) is 34.8 Å². The van der Waals surface area contributed by atoms with Crippen LogP contribution in [0.25, 0.3) is 22.3 Å². The molecule has 0 aliphatic carbocycles. The van der Waals surface area contributed by atoms with Crippen molar-refractivity contribution in [3.8, 4) is 28.5 Å². The molecule has 0 bridgehead atoms. The van der Waals surface area contributed by atoms with E-state index in [0.717, 1.165) is 33.6 Å². The Bertz CT molecular complexity index is 1010. The van der Waals surface area contributed by atoms with E-state index < -0.39 is 8.07 Å². The van der Waals surface area contributed by atoms with E-state index in [1.54, 1.807) is 7.11 Å². The first kappa shape index (κ1) is 21.3. The van der Waals surface area contributed by atoms with Crippen LogP contribution in [0.5, 0.6) is 5.75 Å². The third kappa shape index (κ3) is 3.87. The summed E-state index contributed by atoms with van der Waals surface area (Å²) >= 11 is 0. The third-order valence-corrected chi connectivity index (χ3v) is 12.5. The number of furan rings is 1. The van der Waals surface area contributed by atoms with Crippen LogP contribution in [0.4, 0.5) is 0 Å². The van der Waals surface area contributed by atoms with Gasteiger partial charge in [-0.15, -0.1) is 5.54 Å². The van der Waals surface area contributed by atoms with Gasteiger partial charge < -0.3 is 9.15 Å². The molecule has 2 aromatic carbocycles. The van der Waals surface area contributed by atoms with Crippen molar-refractivity contribution < 1.29 is 9.15 Å². The Labute approximate surface area is 176 Å². The molecule has 0 atom stereocenters. The molecule has 1 aromatic heterocycles. The van der Waals surface area contributed by atoms with E-state index in [9.17, 15) is 0 Å². The number of rotatable bonds is 5. The summed E-state index contributed by atoms with van der Waals surface area (Å²) in [7, 11) is -0.158. The standard InChI is InChI=1S/C26H32O2Si/c1-18(2)29(19(3)4,20(5)6)16-15-23-24-17-22(27-7)13-14-25(24)28-26(23)21-11-9-8-10-12-21/h8-14,17-20H,1-7H3. The van der Waals surface area contributed by atoms with Gasteiger partial charge in [-0.2, -0.15) is 0 Å². The molecule has 0 radical (unpaired) electrons. The summed E-state index contributed by atoms with van der Waals surface area (Å²) in [5, 5.41) is 1.02. The quantitative estimate of drug-likeness (QED) is 0.321. The van der Waals surface area contributed by atoms with Gasteiger partial charge in [0.1, 0.15) is 19.4 Å². The second kappa shape index (κ2) is 8.51. The molecule has 3 heteroatoms. The molecule has 29 heavy (non-hydrogen) atoms. The number of benzene rings is 2. The van der Waals surface area contributed by atoms with Crippen LogP contribution in [0, 0.1) is 11.5 Å². The largest absolute Gasteiger partial charge is 0.497 e. The summed E-state index contributed by atoms with van der Waals surface area (Å²) in [5.74, 6) is 5.30. The van der Waals surface area contributed by atoms with Crippen LogP contribution >= 0.6 is 0 Å². The van der Waals surface area contributed by atoms with E-state index in [4.69, 9.17) is 9.15 Å². The lowest BCUT2D eigenvalue weighted by atomic mass is 10.1. The van der Waals surface area contributed by atoms with E-state index in [2.05, 4.69) is 65.1 Å². The fourth-order valence-electron chi connectivity index (χ4n) is 4.72. The van der Waals surface area contributed by atoms with Gasteiger partial charge >= 0.3 is 0 Å². The van der Waals surface area contributed by atoms with Crippen LogP contribution in [-0.2, 0) is 0 Å². The zero-order chi connectivity index (χ0) is 21.2. The van der Waals surface area contributed by atoms with Crippen molar-refractivity contribution in [2.24, 2.45) is 0 Å². The van der Waals surface area contributed by atoms with Crippen molar-refractivity contribution in [2.75, 3.05) is 7.11 Å². The van der Waals surface area contributed by atoms with E-state index in [1.165, 1.54) is 0 Å². The summed E-state index contributed by atoms with van der Waals surface area (Å²) in [5.41, 5.74) is 8.50. The van der Waals surface area contributed by atoms with Gasteiger partial charge in [-0.25, -0.2) is 0 Å². The Morgan fingerprint density at radius 2 is 1.48 bits per heavy atom. The van der Waals surface area contributed by atoms with E-state index in [1.807, 2.05) is 36.4 Å². The van der Waals surface area contributed by atoms with Gasteiger partial charge in [-0.3, -0.25) is 0 Å². The smallest absolute Gasteiger partial charge is 0.151 e. The second-order valence-corrected chi connectivity index (χ2v) is 14.3. The van der Waals surface area contributed by atoms with E-state index in [-0.39, 0.29) is 0 Å². The Morgan fingerprint density at radius 3 is 2.03 bits per heavy atom. The van der Waals surface area contributed by atoms with Crippen LogP contribution in [0.2, 0.25) is 16.6 Å². The molecule has 0 N–H and O–H groups in total. The number of methoxy groups -OCH3 is 1. The van der Waals surface area contributed by atoms with Crippen molar-refractivity contribution >= 4 is 19.0 Å². The predicted molar refractivity (Wildman–Crippen MR) is 126 cm³/mol. The minimum absolute atomic E-state index is 0.586. The fourth-order valence-corrected chi connectivity index (χ4v) is 9.93. The summed E-state index contributed by atoms with van der Waals surface area (Å²) in [6.45, 7) is 14.1. The van der Waals surface area contributed by atoms with Crippen LogP contribution in [-0.4, -0.2) is 15.2 Å². The van der Waals surface area contributed by atoms with Crippen LogP contribution in [0.3, 0.4) is 0 Å². The summed E-state index contributed by atoms with van der Waals surface area (Å²) in [6, 6.07) is 16.2. The van der Waals surface area contributed by atoms with Crippen LogP contribution in [0.1, 0.15) is 47.1 Å². The van der Waals surface area contributed by atoms with Crippen LogP contribution < -0.4 is 4.74 Å². The highest BCUT2D eigenvalue weighted by atomic mass is 28.3. The van der Waals surface area contributed by atoms with Gasteiger partial charge in [0.15, 0.2) is 5.76 Å². The molecule has 3 aromatic rings. The van der Waals surface area contributed by atoms with E-state index >= 15 is 0 Å². The first-order valence-electron chi connectivity index (χ1n) is 10.5. The first-order chi connectivity index (χ1) is 13.8. The lowest BCUT2D eigenvalue weighted by molar-refractivity contribution is 0.415. The van der Waals surface area contributed by atoms with Crippen molar-refractivity contribution in [3.63, 3.8) is 0 Å². The van der Waals surface area contributed by atoms with Gasteiger partial charge in [0.05, 0.1) is 12.7 Å². The topological polar surface area (TPSA) is 22.4 Å². The minimum Gasteiger partial charge on any atom is -0.497 e. The predicted octanol–water partition coefficient (Wildman–Crippen LogP) is 7.68. The maximum atomic E-state index is 6.29. The molecule has 0 amide bonds. The average molecular weight is 405 g/mol. The van der Waals surface area contributed by atoms with Gasteiger partial charge in [0.25, 0.3) is 0 Å². The van der Waals surface area contributed by atoms with Crippen molar-refractivity contribution in [2.45, 2.75) is 58.2 Å². The summed E-state index contributed by atoms with van der Waals surface area (Å²) in [6.07, 6.45) is 0. The molecule has 2 nitrogen and oxygen atoms in total. The number of hydrogen-bond acceptors (Lipinski definition) is 2. The Balaban J connectivity index is 2.29. The molecular weight excluding hydrogens is 372 g/mol. The molecule has 1 heterocycles. The highest BCUT2D eigenvalue weighted by Crippen LogP contribution is 2.41. The highest BCUT2D eigenvalue weighted by Gasteiger charge is 2.41. The van der Waals surface area contributed by atoms with Gasteiger partial charge in [-0.1, -0.05) is 77.8 Å².